The Balaban J connectivity index is 3.55. The molecule has 2 N–H and O–H groups in total. The van der Waals surface area contributed by atoms with Crippen LogP contribution in [0.5, 0.6) is 0 Å². The molecule has 0 aliphatic rings. The van der Waals surface area contributed by atoms with Crippen LogP contribution >= 0.6 is 0 Å². The fraction of sp³-hybridized carbons (Fsp3) is 0.833. The summed E-state index contributed by atoms with van der Waals surface area (Å²) < 4.78 is 35.9. The zero-order chi connectivity index (χ0) is 15.6. The van der Waals surface area contributed by atoms with E-state index in [0.717, 1.165) is 17.7 Å². The molecule has 0 aliphatic heterocycles. The van der Waals surface area contributed by atoms with E-state index in [0.29, 0.717) is 19.4 Å². The Labute approximate surface area is 116 Å². The number of hydrogen-bond donors (Lipinski definition) is 2. The second-order valence-corrected chi connectivity index (χ2v) is 4.58. The molecule has 2 amide bonds. The lowest BCUT2D eigenvalue weighted by Crippen LogP contribution is -2.39. The number of aliphatic carboxylic acids is 1. The first-order chi connectivity index (χ1) is 9.22. The number of alkyl halides is 3. The van der Waals surface area contributed by atoms with Gasteiger partial charge in [0.05, 0.1) is 6.42 Å². The summed E-state index contributed by atoms with van der Waals surface area (Å²) in [6.07, 6.45) is -2.35. The highest BCUT2D eigenvalue weighted by atomic mass is 19.4. The van der Waals surface area contributed by atoms with Gasteiger partial charge in [-0.2, -0.15) is 13.2 Å². The summed E-state index contributed by atoms with van der Waals surface area (Å²) in [6, 6.07) is -0.528. The van der Waals surface area contributed by atoms with Crippen LogP contribution in [0.3, 0.4) is 0 Å². The predicted molar refractivity (Wildman–Crippen MR) is 67.4 cm³/mol. The van der Waals surface area contributed by atoms with Crippen LogP contribution in [0.1, 0.15) is 38.5 Å². The topological polar surface area (TPSA) is 69.6 Å². The Morgan fingerprint density at radius 2 is 1.75 bits per heavy atom. The summed E-state index contributed by atoms with van der Waals surface area (Å²) in [7, 11) is 1.31. The minimum absolute atomic E-state index is 0.131. The van der Waals surface area contributed by atoms with E-state index in [1.165, 1.54) is 7.05 Å². The second-order valence-electron chi connectivity index (χ2n) is 4.58. The number of halogens is 3. The molecule has 0 radical (unpaired) electrons. The number of carbonyl (C=O) groups excluding carboxylic acids is 1. The van der Waals surface area contributed by atoms with E-state index in [-0.39, 0.29) is 13.0 Å². The van der Waals surface area contributed by atoms with Crippen LogP contribution in [-0.4, -0.2) is 48.3 Å². The average Bonchev–Trinajstić information content (AvgIpc) is 2.33. The summed E-state index contributed by atoms with van der Waals surface area (Å²) >= 11 is 0. The number of hydrogen-bond acceptors (Lipinski definition) is 2. The normalized spacial score (nSPS) is 11.2. The second kappa shape index (κ2) is 9.44. The van der Waals surface area contributed by atoms with Gasteiger partial charge in [-0.1, -0.05) is 12.8 Å². The van der Waals surface area contributed by atoms with Gasteiger partial charge >= 0.3 is 18.2 Å². The van der Waals surface area contributed by atoms with Gasteiger partial charge in [0.25, 0.3) is 0 Å². The van der Waals surface area contributed by atoms with E-state index in [1.807, 2.05) is 0 Å². The third-order valence-electron chi connectivity index (χ3n) is 2.67. The molecule has 0 fully saturated rings. The van der Waals surface area contributed by atoms with E-state index in [9.17, 15) is 22.8 Å². The summed E-state index contributed by atoms with van der Waals surface area (Å²) in [6.45, 7) is 0.0101. The van der Waals surface area contributed by atoms with Crippen molar-refractivity contribution in [2.75, 3.05) is 20.1 Å². The third kappa shape index (κ3) is 11.6. The molecule has 0 aromatic heterocycles. The zero-order valence-corrected chi connectivity index (χ0v) is 11.5. The van der Waals surface area contributed by atoms with Gasteiger partial charge in [0.15, 0.2) is 0 Å². The minimum Gasteiger partial charge on any atom is -0.481 e. The maximum absolute atomic E-state index is 12.0. The molecule has 0 saturated carbocycles. The number of carboxylic acids is 1. The van der Waals surface area contributed by atoms with Crippen molar-refractivity contribution in [3.05, 3.63) is 0 Å². The van der Waals surface area contributed by atoms with Crippen LogP contribution < -0.4 is 5.32 Å². The minimum atomic E-state index is -4.27. The SMILES string of the molecule is CN(CCC(F)(F)F)C(=O)NCCCCCCC(=O)O. The lowest BCUT2D eigenvalue weighted by Gasteiger charge is -2.18. The molecule has 20 heavy (non-hydrogen) atoms. The molecule has 0 saturated heterocycles. The molecule has 0 aromatic rings. The number of nitrogens with one attached hydrogen (secondary N) is 1. The molecular weight excluding hydrogens is 277 g/mol. The van der Waals surface area contributed by atoms with Crippen LogP contribution in [0.25, 0.3) is 0 Å². The number of urea groups is 1. The summed E-state index contributed by atoms with van der Waals surface area (Å²) in [5, 5.41) is 10.9. The molecule has 0 rings (SSSR count). The van der Waals surface area contributed by atoms with Gasteiger partial charge in [-0.05, 0) is 12.8 Å². The first-order valence-electron chi connectivity index (χ1n) is 6.50. The van der Waals surface area contributed by atoms with Crippen LogP contribution in [0.2, 0.25) is 0 Å². The van der Waals surface area contributed by atoms with Crippen molar-refractivity contribution in [3.8, 4) is 0 Å². The Hall–Kier alpha value is -1.47. The molecule has 0 bridgehead atoms. The van der Waals surface area contributed by atoms with Gasteiger partial charge in [0, 0.05) is 26.6 Å². The predicted octanol–water partition coefficient (Wildman–Crippen LogP) is 2.62. The molecule has 5 nitrogen and oxygen atoms in total. The molecule has 0 aliphatic carbocycles. The number of amides is 2. The highest BCUT2D eigenvalue weighted by Crippen LogP contribution is 2.19. The number of carbonyl (C=O) groups is 2. The van der Waals surface area contributed by atoms with Crippen LogP contribution in [0.4, 0.5) is 18.0 Å². The largest absolute Gasteiger partial charge is 0.481 e. The molecule has 0 atom stereocenters. The quantitative estimate of drug-likeness (QED) is 0.643. The van der Waals surface area contributed by atoms with E-state index in [2.05, 4.69) is 5.32 Å². The van der Waals surface area contributed by atoms with Gasteiger partial charge < -0.3 is 15.3 Å². The first kappa shape index (κ1) is 18.5. The fourth-order valence-corrected chi connectivity index (χ4v) is 1.48. The fourth-order valence-electron chi connectivity index (χ4n) is 1.48. The molecule has 0 heterocycles. The monoisotopic (exact) mass is 298 g/mol. The maximum Gasteiger partial charge on any atom is 0.390 e. The zero-order valence-electron chi connectivity index (χ0n) is 11.5. The first-order valence-corrected chi connectivity index (χ1v) is 6.50. The molecule has 8 heteroatoms. The van der Waals surface area contributed by atoms with Gasteiger partial charge in [-0.15, -0.1) is 0 Å². The van der Waals surface area contributed by atoms with Crippen molar-refractivity contribution in [3.63, 3.8) is 0 Å². The Bertz CT molecular complexity index is 309. The Morgan fingerprint density at radius 3 is 2.30 bits per heavy atom. The number of rotatable bonds is 9. The molecule has 0 aromatic carbocycles. The van der Waals surface area contributed by atoms with E-state index in [4.69, 9.17) is 5.11 Å². The van der Waals surface area contributed by atoms with Crippen molar-refractivity contribution in [1.29, 1.82) is 0 Å². The van der Waals surface area contributed by atoms with E-state index < -0.39 is 24.6 Å². The van der Waals surface area contributed by atoms with Gasteiger partial charge in [-0.25, -0.2) is 4.79 Å². The Morgan fingerprint density at radius 1 is 1.15 bits per heavy atom. The van der Waals surface area contributed by atoms with Crippen molar-refractivity contribution in [1.82, 2.24) is 10.2 Å². The smallest absolute Gasteiger partial charge is 0.390 e. The van der Waals surface area contributed by atoms with Gasteiger partial charge in [0.1, 0.15) is 0 Å². The summed E-state index contributed by atoms with van der Waals surface area (Å²) in [5.41, 5.74) is 0. The van der Waals surface area contributed by atoms with E-state index >= 15 is 0 Å². The van der Waals surface area contributed by atoms with Crippen LogP contribution in [-0.2, 0) is 4.79 Å². The van der Waals surface area contributed by atoms with Crippen molar-refractivity contribution in [2.45, 2.75) is 44.7 Å². The maximum atomic E-state index is 12.0. The highest BCUT2D eigenvalue weighted by molar-refractivity contribution is 5.73. The summed E-state index contributed by atoms with van der Waals surface area (Å²) in [5.74, 6) is -0.829. The number of unbranched alkanes of at least 4 members (excludes halogenated alkanes) is 3. The van der Waals surface area contributed by atoms with Crippen molar-refractivity contribution >= 4 is 12.0 Å². The molecule has 0 unspecified atom stereocenters. The highest BCUT2D eigenvalue weighted by Gasteiger charge is 2.27. The van der Waals surface area contributed by atoms with Crippen LogP contribution in [0, 0.1) is 0 Å². The molecule has 118 valence electrons. The van der Waals surface area contributed by atoms with Crippen molar-refractivity contribution < 1.29 is 27.9 Å². The van der Waals surface area contributed by atoms with Gasteiger partial charge in [-0.3, -0.25) is 4.79 Å². The average molecular weight is 298 g/mol. The molecular formula is C12H21F3N2O3. The van der Waals surface area contributed by atoms with Crippen LogP contribution in [0.15, 0.2) is 0 Å². The molecule has 0 spiro atoms. The van der Waals surface area contributed by atoms with E-state index in [1.54, 1.807) is 0 Å². The third-order valence-corrected chi connectivity index (χ3v) is 2.67. The number of nitrogens with zero attached hydrogens (tertiary/aromatic N) is 1. The van der Waals surface area contributed by atoms with Crippen molar-refractivity contribution in [2.24, 2.45) is 0 Å². The lowest BCUT2D eigenvalue weighted by molar-refractivity contribution is -0.137. The lowest BCUT2D eigenvalue weighted by atomic mass is 10.1. The standard InChI is InChI=1S/C12H21F3N2O3/c1-17(9-7-12(13,14)15)11(20)16-8-5-3-2-4-6-10(18)19/h2-9H2,1H3,(H,16,20)(H,18,19). The summed E-state index contributed by atoms with van der Waals surface area (Å²) in [4.78, 5) is 22.6. The Kier molecular flexibility index (Phi) is 8.74. The number of carboxylic acid groups (broad SMARTS) is 1. The van der Waals surface area contributed by atoms with Gasteiger partial charge in [0.2, 0.25) is 0 Å².